The summed E-state index contributed by atoms with van der Waals surface area (Å²) in [5.41, 5.74) is 7.64. The van der Waals surface area contributed by atoms with Gasteiger partial charge in [-0.1, -0.05) is 41.9 Å². The van der Waals surface area contributed by atoms with Crippen molar-refractivity contribution in [2.75, 3.05) is 5.73 Å². The van der Waals surface area contributed by atoms with Crippen LogP contribution in [0.5, 0.6) is 0 Å². The first kappa shape index (κ1) is 13.4. The maximum Gasteiger partial charge on any atom is 0.251 e. The number of amides is 1. The zero-order chi connectivity index (χ0) is 13.8. The van der Waals surface area contributed by atoms with Crippen LogP contribution < -0.4 is 11.1 Å². The van der Waals surface area contributed by atoms with Crippen LogP contribution in [0.4, 0.5) is 5.69 Å². The SMILES string of the molecule is C[C@H](NC(=O)c1ccc(N)c(Cl)c1)c1ccccc1. The topological polar surface area (TPSA) is 55.1 Å². The van der Waals surface area contributed by atoms with E-state index in [4.69, 9.17) is 17.3 Å². The zero-order valence-corrected chi connectivity index (χ0v) is 11.3. The smallest absolute Gasteiger partial charge is 0.251 e. The van der Waals surface area contributed by atoms with Gasteiger partial charge in [-0.15, -0.1) is 0 Å². The van der Waals surface area contributed by atoms with Crippen LogP contribution >= 0.6 is 11.6 Å². The van der Waals surface area contributed by atoms with Gasteiger partial charge in [0.1, 0.15) is 0 Å². The Morgan fingerprint density at radius 3 is 2.53 bits per heavy atom. The van der Waals surface area contributed by atoms with Gasteiger partial charge in [-0.25, -0.2) is 0 Å². The highest BCUT2D eigenvalue weighted by Gasteiger charge is 2.12. The van der Waals surface area contributed by atoms with E-state index in [0.717, 1.165) is 5.56 Å². The molecule has 4 heteroatoms. The third kappa shape index (κ3) is 3.26. The number of halogens is 1. The number of nitrogens with two attached hydrogens (primary N) is 1. The molecule has 3 N–H and O–H groups in total. The van der Waals surface area contributed by atoms with Crippen LogP contribution in [-0.2, 0) is 0 Å². The molecule has 0 aromatic heterocycles. The number of rotatable bonds is 3. The van der Waals surface area contributed by atoms with Crippen LogP contribution in [-0.4, -0.2) is 5.91 Å². The summed E-state index contributed by atoms with van der Waals surface area (Å²) in [6.45, 7) is 1.94. The number of nitrogen functional groups attached to an aromatic ring is 1. The van der Waals surface area contributed by atoms with Gasteiger partial charge in [0.25, 0.3) is 5.91 Å². The van der Waals surface area contributed by atoms with Crippen LogP contribution in [0.25, 0.3) is 0 Å². The maximum atomic E-state index is 12.1. The molecule has 3 nitrogen and oxygen atoms in total. The van der Waals surface area contributed by atoms with E-state index < -0.39 is 0 Å². The molecule has 1 atom stereocenters. The average Bonchev–Trinajstić information content (AvgIpc) is 2.42. The van der Waals surface area contributed by atoms with Crippen molar-refractivity contribution in [2.24, 2.45) is 0 Å². The molecule has 0 radical (unpaired) electrons. The van der Waals surface area contributed by atoms with E-state index in [0.29, 0.717) is 16.3 Å². The second-order valence-corrected chi connectivity index (χ2v) is 4.75. The molecule has 0 heterocycles. The van der Waals surface area contributed by atoms with Gasteiger partial charge in [0.05, 0.1) is 16.8 Å². The van der Waals surface area contributed by atoms with Crippen molar-refractivity contribution in [3.8, 4) is 0 Å². The Labute approximate surface area is 117 Å². The molecule has 0 saturated carbocycles. The van der Waals surface area contributed by atoms with Crippen molar-refractivity contribution >= 4 is 23.2 Å². The minimum absolute atomic E-state index is 0.0648. The van der Waals surface area contributed by atoms with Crippen molar-refractivity contribution in [2.45, 2.75) is 13.0 Å². The first-order valence-corrected chi connectivity index (χ1v) is 6.36. The van der Waals surface area contributed by atoms with E-state index in [1.165, 1.54) is 0 Å². The normalized spacial score (nSPS) is 11.9. The Morgan fingerprint density at radius 1 is 1.21 bits per heavy atom. The van der Waals surface area contributed by atoms with Gasteiger partial charge in [0.2, 0.25) is 0 Å². The number of carbonyl (C=O) groups is 1. The first-order chi connectivity index (χ1) is 9.08. The lowest BCUT2D eigenvalue weighted by Crippen LogP contribution is -2.26. The van der Waals surface area contributed by atoms with Crippen LogP contribution in [0.2, 0.25) is 5.02 Å². The molecule has 0 unspecified atom stereocenters. The number of benzene rings is 2. The molecule has 2 aromatic rings. The second kappa shape index (κ2) is 5.76. The molecule has 0 aliphatic rings. The quantitative estimate of drug-likeness (QED) is 0.843. The molecule has 0 bridgehead atoms. The highest BCUT2D eigenvalue weighted by molar-refractivity contribution is 6.33. The summed E-state index contributed by atoms with van der Waals surface area (Å²) in [5, 5.41) is 3.31. The van der Waals surface area contributed by atoms with Gasteiger partial charge in [-0.2, -0.15) is 0 Å². The van der Waals surface area contributed by atoms with E-state index in [-0.39, 0.29) is 11.9 Å². The van der Waals surface area contributed by atoms with Crippen LogP contribution in [0.15, 0.2) is 48.5 Å². The van der Waals surface area contributed by atoms with E-state index in [1.807, 2.05) is 37.3 Å². The highest BCUT2D eigenvalue weighted by Crippen LogP contribution is 2.20. The van der Waals surface area contributed by atoms with Gasteiger partial charge < -0.3 is 11.1 Å². The summed E-state index contributed by atoms with van der Waals surface area (Å²) in [6.07, 6.45) is 0. The Balaban J connectivity index is 2.11. The Hall–Kier alpha value is -2.00. The Bertz CT molecular complexity index is 584. The number of hydrogen-bond acceptors (Lipinski definition) is 2. The van der Waals surface area contributed by atoms with E-state index >= 15 is 0 Å². The van der Waals surface area contributed by atoms with Gasteiger partial charge in [-0.3, -0.25) is 4.79 Å². The third-order valence-corrected chi connectivity index (χ3v) is 3.24. The molecule has 2 rings (SSSR count). The maximum absolute atomic E-state index is 12.1. The fraction of sp³-hybridized carbons (Fsp3) is 0.133. The van der Waals surface area contributed by atoms with Gasteiger partial charge in [0, 0.05) is 5.56 Å². The third-order valence-electron chi connectivity index (χ3n) is 2.91. The molecule has 98 valence electrons. The molecule has 2 aromatic carbocycles. The monoisotopic (exact) mass is 274 g/mol. The van der Waals surface area contributed by atoms with E-state index in [1.54, 1.807) is 18.2 Å². The number of anilines is 1. The van der Waals surface area contributed by atoms with Crippen LogP contribution in [0.1, 0.15) is 28.9 Å². The molecule has 1 amide bonds. The van der Waals surface area contributed by atoms with Crippen molar-refractivity contribution < 1.29 is 4.79 Å². The van der Waals surface area contributed by atoms with Crippen LogP contribution in [0.3, 0.4) is 0 Å². The molecule has 0 saturated heterocycles. The molecular weight excluding hydrogens is 260 g/mol. The van der Waals surface area contributed by atoms with Gasteiger partial charge in [-0.05, 0) is 30.7 Å². The molecule has 0 spiro atoms. The van der Waals surface area contributed by atoms with Crippen molar-refractivity contribution in [3.05, 3.63) is 64.7 Å². The van der Waals surface area contributed by atoms with E-state index in [9.17, 15) is 4.79 Å². The summed E-state index contributed by atoms with van der Waals surface area (Å²) in [7, 11) is 0. The zero-order valence-electron chi connectivity index (χ0n) is 10.6. The number of nitrogens with one attached hydrogen (secondary N) is 1. The summed E-state index contributed by atoms with van der Waals surface area (Å²) in [5.74, 6) is -0.168. The minimum Gasteiger partial charge on any atom is -0.398 e. The predicted molar refractivity (Wildman–Crippen MR) is 78.2 cm³/mol. The molecule has 0 aliphatic carbocycles. The van der Waals surface area contributed by atoms with Crippen molar-refractivity contribution in [1.82, 2.24) is 5.32 Å². The minimum atomic E-state index is -0.168. The Morgan fingerprint density at radius 2 is 1.89 bits per heavy atom. The average molecular weight is 275 g/mol. The first-order valence-electron chi connectivity index (χ1n) is 5.99. The molecule has 0 aliphatic heterocycles. The van der Waals surface area contributed by atoms with Crippen molar-refractivity contribution in [3.63, 3.8) is 0 Å². The van der Waals surface area contributed by atoms with Gasteiger partial charge in [0.15, 0.2) is 0 Å². The van der Waals surface area contributed by atoms with Crippen molar-refractivity contribution in [1.29, 1.82) is 0 Å². The lowest BCUT2D eigenvalue weighted by atomic mass is 10.1. The standard InChI is InChI=1S/C15H15ClN2O/c1-10(11-5-3-2-4-6-11)18-15(19)12-7-8-14(17)13(16)9-12/h2-10H,17H2,1H3,(H,18,19)/t10-/m0/s1. The molecule has 0 fully saturated rings. The number of hydrogen-bond donors (Lipinski definition) is 2. The summed E-state index contributed by atoms with van der Waals surface area (Å²) in [4.78, 5) is 12.1. The lowest BCUT2D eigenvalue weighted by Gasteiger charge is -2.14. The van der Waals surface area contributed by atoms with E-state index in [2.05, 4.69) is 5.32 Å². The Kier molecular flexibility index (Phi) is 4.07. The summed E-state index contributed by atoms with van der Waals surface area (Å²) < 4.78 is 0. The highest BCUT2D eigenvalue weighted by atomic mass is 35.5. The number of carbonyl (C=O) groups excluding carboxylic acids is 1. The molecule has 19 heavy (non-hydrogen) atoms. The lowest BCUT2D eigenvalue weighted by molar-refractivity contribution is 0.0940. The molecular formula is C15H15ClN2O. The summed E-state index contributed by atoms with van der Waals surface area (Å²) >= 11 is 5.91. The van der Waals surface area contributed by atoms with Crippen LogP contribution in [0, 0.1) is 0 Å². The summed E-state index contributed by atoms with van der Waals surface area (Å²) in [6, 6.07) is 14.6. The fourth-order valence-corrected chi connectivity index (χ4v) is 1.95. The fourth-order valence-electron chi connectivity index (χ4n) is 1.77. The predicted octanol–water partition coefficient (Wildman–Crippen LogP) is 3.41. The van der Waals surface area contributed by atoms with Gasteiger partial charge >= 0.3 is 0 Å². The largest absolute Gasteiger partial charge is 0.398 e. The second-order valence-electron chi connectivity index (χ2n) is 4.34.